The van der Waals surface area contributed by atoms with Crippen LogP contribution in [0.5, 0.6) is 5.75 Å². The zero-order chi connectivity index (χ0) is 24.5. The average molecular weight is 481 g/mol. The van der Waals surface area contributed by atoms with Crippen molar-refractivity contribution in [3.63, 3.8) is 0 Å². The molecule has 2 aromatic rings. The lowest BCUT2D eigenvalue weighted by Crippen LogP contribution is -2.48. The molecule has 1 spiro atoms. The first-order valence-corrected chi connectivity index (χ1v) is 12.1. The highest BCUT2D eigenvalue weighted by atomic mass is 32.2. The Morgan fingerprint density at radius 2 is 1.88 bits per heavy atom. The Morgan fingerprint density at radius 3 is 2.53 bits per heavy atom. The van der Waals surface area contributed by atoms with E-state index in [4.69, 9.17) is 4.74 Å². The standard InChI is InChI=1S/C25H28N4O4S/c1-5-6-14-33-20-12-10-19(11-13-20)15-28-22-16(2)8-7-9-21(22)25(23(28)32)29(18(4)31)27-24(34-25)26-17(3)30/h7-13H,5-6,14-15H2,1-4H3,(H,26,27,30)/t25-/m0/s1. The molecule has 2 aliphatic heterocycles. The molecular formula is C25H28N4O4S. The summed E-state index contributed by atoms with van der Waals surface area (Å²) < 4.78 is 5.75. The maximum absolute atomic E-state index is 14.0. The van der Waals surface area contributed by atoms with Crippen LogP contribution >= 0.6 is 11.8 Å². The number of carbonyl (C=O) groups is 3. The van der Waals surface area contributed by atoms with Crippen molar-refractivity contribution in [2.45, 2.75) is 52.0 Å². The van der Waals surface area contributed by atoms with E-state index in [1.54, 1.807) is 4.90 Å². The van der Waals surface area contributed by atoms with Crippen molar-refractivity contribution in [1.29, 1.82) is 0 Å². The first-order chi connectivity index (χ1) is 16.3. The lowest BCUT2D eigenvalue weighted by molar-refractivity contribution is -0.139. The number of para-hydroxylation sites is 1. The molecule has 178 valence electrons. The number of hydrogen-bond donors (Lipinski definition) is 1. The average Bonchev–Trinajstić information content (AvgIpc) is 3.28. The molecule has 0 aromatic heterocycles. The molecule has 2 heterocycles. The Bertz CT molecular complexity index is 1160. The van der Waals surface area contributed by atoms with Crippen LogP contribution in [0.4, 0.5) is 5.69 Å². The first-order valence-electron chi connectivity index (χ1n) is 11.3. The monoisotopic (exact) mass is 480 g/mol. The van der Waals surface area contributed by atoms with Gasteiger partial charge in [-0.2, -0.15) is 5.01 Å². The van der Waals surface area contributed by atoms with Gasteiger partial charge in [-0.3, -0.25) is 14.4 Å². The van der Waals surface area contributed by atoms with E-state index in [-0.39, 0.29) is 22.9 Å². The summed E-state index contributed by atoms with van der Waals surface area (Å²) in [6.45, 7) is 7.79. The molecular weight excluding hydrogens is 452 g/mol. The van der Waals surface area contributed by atoms with Crippen molar-refractivity contribution in [3.05, 3.63) is 59.2 Å². The van der Waals surface area contributed by atoms with Gasteiger partial charge in [-0.15, -0.1) is 5.10 Å². The third kappa shape index (κ3) is 4.16. The number of hydrogen-bond acceptors (Lipinski definition) is 6. The van der Waals surface area contributed by atoms with Crippen LogP contribution in [0.1, 0.15) is 50.3 Å². The maximum Gasteiger partial charge on any atom is 0.271 e. The third-order valence-electron chi connectivity index (χ3n) is 5.75. The summed E-state index contributed by atoms with van der Waals surface area (Å²) in [4.78, 5) is 38.6. The molecule has 3 amide bonds. The van der Waals surface area contributed by atoms with Gasteiger partial charge in [0, 0.05) is 19.4 Å². The van der Waals surface area contributed by atoms with Crippen LogP contribution in [-0.2, 0) is 25.8 Å². The fourth-order valence-electron chi connectivity index (χ4n) is 4.21. The highest BCUT2D eigenvalue weighted by Gasteiger charge is 2.61. The number of nitrogens with zero attached hydrogens (tertiary/aromatic N) is 3. The minimum Gasteiger partial charge on any atom is -0.494 e. The number of carbonyl (C=O) groups excluding carboxylic acids is 3. The molecule has 2 aromatic carbocycles. The minimum atomic E-state index is -1.39. The van der Waals surface area contributed by atoms with Gasteiger partial charge in [0.1, 0.15) is 5.75 Å². The van der Waals surface area contributed by atoms with Crippen molar-refractivity contribution < 1.29 is 19.1 Å². The van der Waals surface area contributed by atoms with E-state index in [0.717, 1.165) is 47.2 Å². The number of rotatable bonds is 6. The molecule has 0 fully saturated rings. The van der Waals surface area contributed by atoms with E-state index in [2.05, 4.69) is 17.3 Å². The Hall–Kier alpha value is -3.33. The zero-order valence-electron chi connectivity index (χ0n) is 19.8. The quantitative estimate of drug-likeness (QED) is 0.634. The fourth-order valence-corrected chi connectivity index (χ4v) is 5.54. The van der Waals surface area contributed by atoms with Gasteiger partial charge in [0.25, 0.3) is 5.91 Å². The lowest BCUT2D eigenvalue weighted by atomic mass is 10.0. The number of amidine groups is 1. The van der Waals surface area contributed by atoms with Crippen molar-refractivity contribution in [2.75, 3.05) is 11.5 Å². The highest BCUT2D eigenvalue weighted by molar-refractivity contribution is 8.15. The van der Waals surface area contributed by atoms with Crippen LogP contribution in [0.3, 0.4) is 0 Å². The van der Waals surface area contributed by atoms with E-state index in [1.165, 1.54) is 18.9 Å². The summed E-state index contributed by atoms with van der Waals surface area (Å²) in [6.07, 6.45) is 2.06. The summed E-state index contributed by atoms with van der Waals surface area (Å²) in [5, 5.41) is 8.34. The molecule has 2 aliphatic rings. The highest BCUT2D eigenvalue weighted by Crippen LogP contribution is 2.55. The second kappa shape index (κ2) is 9.50. The van der Waals surface area contributed by atoms with Crippen molar-refractivity contribution >= 4 is 40.3 Å². The number of benzene rings is 2. The van der Waals surface area contributed by atoms with E-state index in [0.29, 0.717) is 18.7 Å². The third-order valence-corrected chi connectivity index (χ3v) is 6.99. The van der Waals surface area contributed by atoms with Gasteiger partial charge >= 0.3 is 0 Å². The Balaban J connectivity index is 1.68. The SMILES string of the molecule is CCCCOc1ccc(CN2C(=O)[C@@]3(SC(NC(C)=O)=NN3C(C)=O)c3cccc(C)c32)cc1. The molecule has 0 saturated carbocycles. The molecule has 0 radical (unpaired) electrons. The molecule has 1 atom stereocenters. The fraction of sp³-hybridized carbons (Fsp3) is 0.360. The second-order valence-corrected chi connectivity index (χ2v) is 9.55. The Kier molecular flexibility index (Phi) is 6.65. The van der Waals surface area contributed by atoms with Gasteiger partial charge < -0.3 is 15.0 Å². The number of thioether (sulfide) groups is 1. The molecule has 9 heteroatoms. The summed E-state index contributed by atoms with van der Waals surface area (Å²) in [5.74, 6) is -0.186. The van der Waals surface area contributed by atoms with Gasteiger partial charge in [0.05, 0.1) is 18.8 Å². The number of hydrazone groups is 1. The van der Waals surface area contributed by atoms with Crippen LogP contribution < -0.4 is 15.0 Å². The normalized spacial score (nSPS) is 18.8. The molecule has 0 bridgehead atoms. The summed E-state index contributed by atoms with van der Waals surface area (Å²) in [7, 11) is 0. The number of amides is 3. The smallest absolute Gasteiger partial charge is 0.271 e. The summed E-state index contributed by atoms with van der Waals surface area (Å²) >= 11 is 1.08. The van der Waals surface area contributed by atoms with E-state index >= 15 is 0 Å². The van der Waals surface area contributed by atoms with Gasteiger partial charge in [0.15, 0.2) is 5.17 Å². The number of aryl methyl sites for hydroxylation is 1. The molecule has 0 saturated heterocycles. The van der Waals surface area contributed by atoms with E-state index in [1.807, 2.05) is 49.4 Å². The van der Waals surface area contributed by atoms with Crippen LogP contribution in [0.2, 0.25) is 0 Å². The van der Waals surface area contributed by atoms with Crippen LogP contribution in [-0.4, -0.2) is 34.5 Å². The van der Waals surface area contributed by atoms with Crippen molar-refractivity contribution in [1.82, 2.24) is 10.3 Å². The van der Waals surface area contributed by atoms with Gasteiger partial charge in [-0.05, 0) is 48.4 Å². The summed E-state index contributed by atoms with van der Waals surface area (Å²) in [6, 6.07) is 13.4. The van der Waals surface area contributed by atoms with Gasteiger partial charge in [0.2, 0.25) is 16.7 Å². The molecule has 0 aliphatic carbocycles. The molecule has 8 nitrogen and oxygen atoms in total. The van der Waals surface area contributed by atoms with Gasteiger partial charge in [-0.1, -0.05) is 43.7 Å². The molecule has 0 unspecified atom stereocenters. The number of ether oxygens (including phenoxy) is 1. The predicted octanol–water partition coefficient (Wildman–Crippen LogP) is 3.88. The minimum absolute atomic E-state index is 0.221. The number of nitrogens with one attached hydrogen (secondary N) is 1. The zero-order valence-corrected chi connectivity index (χ0v) is 20.6. The largest absolute Gasteiger partial charge is 0.494 e. The topological polar surface area (TPSA) is 91.3 Å². The second-order valence-electron chi connectivity index (χ2n) is 8.37. The van der Waals surface area contributed by atoms with Crippen LogP contribution in [0, 0.1) is 6.92 Å². The molecule has 1 N–H and O–H groups in total. The predicted molar refractivity (Wildman–Crippen MR) is 132 cm³/mol. The number of anilines is 1. The van der Waals surface area contributed by atoms with Crippen LogP contribution in [0.15, 0.2) is 47.6 Å². The van der Waals surface area contributed by atoms with Crippen molar-refractivity contribution in [2.24, 2.45) is 5.10 Å². The first kappa shape index (κ1) is 23.8. The molecule has 4 rings (SSSR count). The summed E-state index contributed by atoms with van der Waals surface area (Å²) in [5.41, 5.74) is 3.29. The van der Waals surface area contributed by atoms with Crippen molar-refractivity contribution in [3.8, 4) is 5.75 Å². The number of unbranched alkanes of at least 4 members (excludes halogenated alkanes) is 1. The Labute approximate surface area is 203 Å². The van der Waals surface area contributed by atoms with Crippen LogP contribution in [0.25, 0.3) is 0 Å². The Morgan fingerprint density at radius 1 is 1.15 bits per heavy atom. The maximum atomic E-state index is 14.0. The van der Waals surface area contributed by atoms with E-state index < -0.39 is 4.87 Å². The number of fused-ring (bicyclic) bond motifs is 2. The van der Waals surface area contributed by atoms with E-state index in [9.17, 15) is 14.4 Å². The van der Waals surface area contributed by atoms with Gasteiger partial charge in [-0.25, -0.2) is 0 Å². The lowest BCUT2D eigenvalue weighted by Gasteiger charge is -2.29. The molecule has 34 heavy (non-hydrogen) atoms.